The highest BCUT2D eigenvalue weighted by molar-refractivity contribution is 5.77. The van der Waals surface area contributed by atoms with Gasteiger partial charge in [0.1, 0.15) is 6.10 Å². The molecular weight excluding hydrogens is 791 g/mol. The maximum absolute atomic E-state index is 13.2. The van der Waals surface area contributed by atoms with Crippen molar-refractivity contribution < 1.29 is 24.5 Å². The molecule has 0 aliphatic heterocycles. The first kappa shape index (κ1) is 61.6. The molecule has 3 atom stereocenters. The standard InChI is InChI=1S/C58H105NO5/c1-4-7-10-13-16-19-22-25-28-30-31-34-37-40-43-46-49-54(64-58(63)51-48-45-42-39-36-33-29-26-23-20-17-14-11-8-5-2)52-57(62)59-55(53-60)56(61)50-47-44-41-38-35-32-27-24-21-18-15-12-9-6-3/h8,11,14,17,20,23,28,30-31,34,54-56,60-61H,4-7,9-10,12-13,15-16,18-19,21-22,24-27,29,32-33,35-53H2,1-3H3,(H,59,62)/b11-8+,17-14+,23-20+,30-28+,34-31+. The molecule has 0 saturated carbocycles. The Morgan fingerprint density at radius 3 is 1.30 bits per heavy atom. The number of nitrogens with one attached hydrogen (secondary N) is 1. The molecule has 64 heavy (non-hydrogen) atoms. The minimum atomic E-state index is -0.798. The highest BCUT2D eigenvalue weighted by Gasteiger charge is 2.24. The molecule has 0 radical (unpaired) electrons. The second-order valence-corrected chi connectivity index (χ2v) is 18.7. The lowest BCUT2D eigenvalue weighted by molar-refractivity contribution is -0.151. The number of hydrogen-bond acceptors (Lipinski definition) is 5. The van der Waals surface area contributed by atoms with Crippen molar-refractivity contribution in [3.63, 3.8) is 0 Å². The number of unbranched alkanes of at least 4 members (excludes halogenated alkanes) is 30. The van der Waals surface area contributed by atoms with Crippen molar-refractivity contribution in [2.24, 2.45) is 0 Å². The molecule has 3 unspecified atom stereocenters. The topological polar surface area (TPSA) is 95.9 Å². The summed E-state index contributed by atoms with van der Waals surface area (Å²) in [5.74, 6) is -0.509. The van der Waals surface area contributed by atoms with E-state index in [2.05, 4.69) is 86.8 Å². The number of ether oxygens (including phenoxy) is 1. The summed E-state index contributed by atoms with van der Waals surface area (Å²) in [4.78, 5) is 26.2. The molecule has 3 N–H and O–H groups in total. The van der Waals surface area contributed by atoms with Crippen LogP contribution < -0.4 is 5.32 Å². The molecule has 0 aromatic carbocycles. The van der Waals surface area contributed by atoms with Gasteiger partial charge in [0, 0.05) is 6.42 Å². The summed E-state index contributed by atoms with van der Waals surface area (Å²) in [6.07, 6.45) is 64.2. The zero-order chi connectivity index (χ0) is 46.7. The number of carbonyl (C=O) groups excluding carboxylic acids is 2. The molecule has 0 bridgehead atoms. The first-order chi connectivity index (χ1) is 31.5. The summed E-state index contributed by atoms with van der Waals surface area (Å²) < 4.78 is 5.93. The number of carbonyl (C=O) groups is 2. The van der Waals surface area contributed by atoms with Crippen LogP contribution in [0, 0.1) is 0 Å². The number of rotatable bonds is 49. The van der Waals surface area contributed by atoms with Crippen LogP contribution >= 0.6 is 0 Å². The average molecular weight is 896 g/mol. The predicted molar refractivity (Wildman–Crippen MR) is 278 cm³/mol. The number of allylic oxidation sites excluding steroid dienone is 10. The Morgan fingerprint density at radius 2 is 0.844 bits per heavy atom. The first-order valence-corrected chi connectivity index (χ1v) is 27.6. The summed E-state index contributed by atoms with van der Waals surface area (Å²) in [5, 5.41) is 23.8. The number of aliphatic hydroxyl groups excluding tert-OH is 2. The Hall–Kier alpha value is -2.44. The average Bonchev–Trinajstić information content (AvgIpc) is 3.29. The van der Waals surface area contributed by atoms with E-state index in [1.54, 1.807) is 0 Å². The quantitative estimate of drug-likeness (QED) is 0.0321. The molecule has 0 spiro atoms. The van der Waals surface area contributed by atoms with Gasteiger partial charge in [-0.1, -0.05) is 248 Å². The van der Waals surface area contributed by atoms with Crippen molar-refractivity contribution >= 4 is 11.9 Å². The Morgan fingerprint density at radius 1 is 0.469 bits per heavy atom. The molecule has 0 aromatic heterocycles. The van der Waals surface area contributed by atoms with Gasteiger partial charge in [0.2, 0.25) is 5.91 Å². The molecule has 0 fully saturated rings. The molecule has 372 valence electrons. The van der Waals surface area contributed by atoms with E-state index in [1.807, 2.05) is 0 Å². The molecule has 0 rings (SSSR count). The summed E-state index contributed by atoms with van der Waals surface area (Å²) in [5.41, 5.74) is 0. The zero-order valence-electron chi connectivity index (χ0n) is 42.4. The Labute approximate surface area is 397 Å². The molecule has 0 aliphatic rings. The van der Waals surface area contributed by atoms with Crippen LogP contribution in [0.3, 0.4) is 0 Å². The SMILES string of the molecule is CC/C=C/C=C/C=C/CCCCCCCCCC(=O)OC(CCCCC/C=C/C=C/CCCCCCCCC)CC(=O)NC(CO)C(O)CCCCCCCCCCCCCCCC. The normalized spacial score (nSPS) is 13.6. The van der Waals surface area contributed by atoms with Gasteiger partial charge in [0.25, 0.3) is 0 Å². The highest BCUT2D eigenvalue weighted by atomic mass is 16.5. The van der Waals surface area contributed by atoms with Gasteiger partial charge in [-0.05, 0) is 70.6 Å². The van der Waals surface area contributed by atoms with Gasteiger partial charge < -0.3 is 20.3 Å². The smallest absolute Gasteiger partial charge is 0.306 e. The van der Waals surface area contributed by atoms with Crippen molar-refractivity contribution in [1.82, 2.24) is 5.32 Å². The summed E-state index contributed by atoms with van der Waals surface area (Å²) in [6, 6.07) is -0.714. The van der Waals surface area contributed by atoms with Crippen molar-refractivity contribution in [2.75, 3.05) is 6.61 Å². The number of hydrogen-bond donors (Lipinski definition) is 3. The van der Waals surface area contributed by atoms with E-state index in [1.165, 1.54) is 141 Å². The zero-order valence-corrected chi connectivity index (χ0v) is 42.4. The molecule has 1 amide bonds. The van der Waals surface area contributed by atoms with Crippen molar-refractivity contribution in [1.29, 1.82) is 0 Å². The van der Waals surface area contributed by atoms with E-state index in [-0.39, 0.29) is 24.9 Å². The Balaban J connectivity index is 4.63. The van der Waals surface area contributed by atoms with Gasteiger partial charge in [0.15, 0.2) is 0 Å². The van der Waals surface area contributed by atoms with Crippen LogP contribution in [0.1, 0.15) is 271 Å². The van der Waals surface area contributed by atoms with Crippen LogP contribution in [0.15, 0.2) is 60.8 Å². The number of amides is 1. The van der Waals surface area contributed by atoms with E-state index in [9.17, 15) is 19.8 Å². The Bertz CT molecular complexity index is 1140. The molecule has 0 aromatic rings. The number of esters is 1. The second kappa shape index (κ2) is 51.5. The van der Waals surface area contributed by atoms with Crippen molar-refractivity contribution in [3.05, 3.63) is 60.8 Å². The largest absolute Gasteiger partial charge is 0.462 e. The maximum Gasteiger partial charge on any atom is 0.306 e. The number of aliphatic hydroxyl groups is 2. The minimum absolute atomic E-state index is 0.0542. The fourth-order valence-electron chi connectivity index (χ4n) is 8.25. The summed E-state index contributed by atoms with van der Waals surface area (Å²) in [7, 11) is 0. The van der Waals surface area contributed by atoms with E-state index < -0.39 is 18.2 Å². The predicted octanol–water partition coefficient (Wildman–Crippen LogP) is 16.8. The third-order valence-electron chi connectivity index (χ3n) is 12.4. The van der Waals surface area contributed by atoms with Gasteiger partial charge >= 0.3 is 5.97 Å². The van der Waals surface area contributed by atoms with Crippen molar-refractivity contribution in [2.45, 2.75) is 289 Å². The fourth-order valence-corrected chi connectivity index (χ4v) is 8.25. The van der Waals surface area contributed by atoms with Crippen LogP contribution in [0.5, 0.6) is 0 Å². The van der Waals surface area contributed by atoms with E-state index in [0.29, 0.717) is 19.3 Å². The lowest BCUT2D eigenvalue weighted by Gasteiger charge is -2.24. The molecular formula is C58H105NO5. The van der Waals surface area contributed by atoms with Crippen LogP contribution in [-0.4, -0.2) is 46.9 Å². The monoisotopic (exact) mass is 896 g/mol. The third-order valence-corrected chi connectivity index (χ3v) is 12.4. The summed E-state index contributed by atoms with van der Waals surface area (Å²) in [6.45, 7) is 6.36. The second-order valence-electron chi connectivity index (χ2n) is 18.7. The van der Waals surface area contributed by atoms with Gasteiger partial charge in [-0.3, -0.25) is 9.59 Å². The van der Waals surface area contributed by atoms with E-state index in [0.717, 1.165) is 83.5 Å². The molecule has 0 heterocycles. The fraction of sp³-hybridized carbons (Fsp3) is 0.793. The minimum Gasteiger partial charge on any atom is -0.462 e. The molecule has 0 aliphatic carbocycles. The van der Waals surface area contributed by atoms with Gasteiger partial charge in [0.05, 0.1) is 25.2 Å². The van der Waals surface area contributed by atoms with Crippen LogP contribution in [0.2, 0.25) is 0 Å². The van der Waals surface area contributed by atoms with Gasteiger partial charge in [-0.15, -0.1) is 0 Å². The third kappa shape index (κ3) is 46.1. The van der Waals surface area contributed by atoms with Crippen LogP contribution in [0.4, 0.5) is 0 Å². The molecule has 6 heteroatoms. The lowest BCUT2D eigenvalue weighted by Crippen LogP contribution is -2.46. The van der Waals surface area contributed by atoms with Crippen LogP contribution in [0.25, 0.3) is 0 Å². The van der Waals surface area contributed by atoms with Gasteiger partial charge in [-0.2, -0.15) is 0 Å². The maximum atomic E-state index is 13.2. The first-order valence-electron chi connectivity index (χ1n) is 27.6. The lowest BCUT2D eigenvalue weighted by atomic mass is 10.0. The molecule has 0 saturated heterocycles. The summed E-state index contributed by atoms with van der Waals surface area (Å²) >= 11 is 0. The van der Waals surface area contributed by atoms with E-state index >= 15 is 0 Å². The highest BCUT2D eigenvalue weighted by Crippen LogP contribution is 2.18. The van der Waals surface area contributed by atoms with Gasteiger partial charge in [-0.25, -0.2) is 0 Å². The Kier molecular flexibility index (Phi) is 49.6. The molecule has 6 nitrogen and oxygen atoms in total. The van der Waals surface area contributed by atoms with E-state index in [4.69, 9.17) is 4.74 Å². The van der Waals surface area contributed by atoms with Crippen LogP contribution in [-0.2, 0) is 14.3 Å². The van der Waals surface area contributed by atoms with Crippen molar-refractivity contribution in [3.8, 4) is 0 Å².